The van der Waals surface area contributed by atoms with Gasteiger partial charge in [-0.2, -0.15) is 0 Å². The molecule has 0 bridgehead atoms. The molecule has 7 nitrogen and oxygen atoms in total. The second kappa shape index (κ2) is 6.55. The molecule has 0 spiro atoms. The average molecular weight is 259 g/mol. The number of ether oxygens (including phenoxy) is 1. The molecule has 1 heterocycles. The minimum absolute atomic E-state index is 0.0357. The van der Waals surface area contributed by atoms with E-state index in [4.69, 9.17) is 9.84 Å². The molecule has 2 N–H and O–H groups in total. The van der Waals surface area contributed by atoms with Gasteiger partial charge in [0.25, 0.3) is 0 Å². The zero-order chi connectivity index (χ0) is 13.7. The van der Waals surface area contributed by atoms with E-state index in [-0.39, 0.29) is 12.6 Å². The molecule has 1 aliphatic heterocycles. The summed E-state index contributed by atoms with van der Waals surface area (Å²) in [6, 6.07) is -1.01. The normalized spacial score (nSPS) is 21.1. The zero-order valence-corrected chi connectivity index (χ0v) is 11.0. The number of hydrogen-bond donors (Lipinski definition) is 2. The van der Waals surface area contributed by atoms with E-state index in [0.717, 1.165) is 6.42 Å². The summed E-state index contributed by atoms with van der Waals surface area (Å²) in [7, 11) is 5.34. The predicted octanol–water partition coefficient (Wildman–Crippen LogP) is -0.568. The largest absolute Gasteiger partial charge is 0.480 e. The Kier molecular flexibility index (Phi) is 5.36. The summed E-state index contributed by atoms with van der Waals surface area (Å²) in [6.45, 7) is 1.23. The molecule has 0 aromatic rings. The third-order valence-electron chi connectivity index (χ3n) is 3.11. The number of aliphatic carboxylic acids is 1. The Bertz CT molecular complexity index is 309. The van der Waals surface area contributed by atoms with Gasteiger partial charge in [0.05, 0.1) is 6.61 Å². The second-order valence-corrected chi connectivity index (χ2v) is 4.65. The molecule has 2 atom stereocenters. The first-order valence-corrected chi connectivity index (χ1v) is 5.89. The van der Waals surface area contributed by atoms with Crippen LogP contribution in [-0.4, -0.2) is 79.9 Å². The summed E-state index contributed by atoms with van der Waals surface area (Å²) in [5.41, 5.74) is 0. The number of likely N-dealkylation sites (N-methyl/N-ethyl adjacent to an activating group) is 1. The fourth-order valence-electron chi connectivity index (χ4n) is 1.93. The first-order valence-electron chi connectivity index (χ1n) is 5.89. The topological polar surface area (TPSA) is 82.1 Å². The summed E-state index contributed by atoms with van der Waals surface area (Å²) >= 11 is 0. The number of carboxylic acids is 1. The van der Waals surface area contributed by atoms with E-state index in [1.807, 2.05) is 14.1 Å². The van der Waals surface area contributed by atoms with E-state index in [2.05, 4.69) is 10.2 Å². The van der Waals surface area contributed by atoms with Gasteiger partial charge in [0, 0.05) is 26.2 Å². The summed E-state index contributed by atoms with van der Waals surface area (Å²) in [5, 5.41) is 11.4. The van der Waals surface area contributed by atoms with Gasteiger partial charge in [-0.1, -0.05) is 0 Å². The van der Waals surface area contributed by atoms with Crippen molar-refractivity contribution < 1.29 is 19.4 Å². The van der Waals surface area contributed by atoms with Crippen LogP contribution in [0.5, 0.6) is 0 Å². The predicted molar refractivity (Wildman–Crippen MR) is 65.5 cm³/mol. The third kappa shape index (κ3) is 3.85. The van der Waals surface area contributed by atoms with Gasteiger partial charge in [-0.3, -0.25) is 0 Å². The van der Waals surface area contributed by atoms with Crippen LogP contribution in [0.25, 0.3) is 0 Å². The average Bonchev–Trinajstić information content (AvgIpc) is 2.77. The molecule has 2 amide bonds. The maximum Gasteiger partial charge on any atom is 0.328 e. The first kappa shape index (κ1) is 14.7. The van der Waals surface area contributed by atoms with Crippen molar-refractivity contribution >= 4 is 12.0 Å². The lowest BCUT2D eigenvalue weighted by Gasteiger charge is -2.22. The Labute approximate surface area is 107 Å². The van der Waals surface area contributed by atoms with Crippen LogP contribution in [0.4, 0.5) is 4.79 Å². The van der Waals surface area contributed by atoms with E-state index in [1.165, 1.54) is 7.11 Å². The smallest absolute Gasteiger partial charge is 0.328 e. The molecule has 18 heavy (non-hydrogen) atoms. The number of likely N-dealkylation sites (tertiary alicyclic amines) is 1. The number of nitrogens with zero attached hydrogens (tertiary/aromatic N) is 2. The minimum atomic E-state index is -1.09. The van der Waals surface area contributed by atoms with E-state index >= 15 is 0 Å². The molecular formula is C11H21N3O4. The van der Waals surface area contributed by atoms with E-state index < -0.39 is 12.0 Å². The van der Waals surface area contributed by atoms with Crippen molar-refractivity contribution in [1.29, 1.82) is 0 Å². The lowest BCUT2D eigenvalue weighted by atomic mass is 10.2. The Morgan fingerprint density at radius 3 is 2.67 bits per heavy atom. The molecule has 104 valence electrons. The van der Waals surface area contributed by atoms with E-state index in [9.17, 15) is 9.59 Å². The summed E-state index contributed by atoms with van der Waals surface area (Å²) in [4.78, 5) is 26.5. The number of rotatable bonds is 5. The Balaban J connectivity index is 2.48. The van der Waals surface area contributed by atoms with E-state index in [0.29, 0.717) is 19.1 Å². The molecule has 0 radical (unpaired) electrons. The van der Waals surface area contributed by atoms with Crippen LogP contribution in [0.15, 0.2) is 0 Å². The highest BCUT2D eigenvalue weighted by Crippen LogP contribution is 2.13. The highest BCUT2D eigenvalue weighted by atomic mass is 16.5. The fourth-order valence-corrected chi connectivity index (χ4v) is 1.93. The van der Waals surface area contributed by atoms with Crippen molar-refractivity contribution in [2.75, 3.05) is 40.9 Å². The van der Waals surface area contributed by atoms with Crippen molar-refractivity contribution in [1.82, 2.24) is 15.1 Å². The highest BCUT2D eigenvalue weighted by molar-refractivity contribution is 5.82. The van der Waals surface area contributed by atoms with Gasteiger partial charge in [-0.05, 0) is 20.5 Å². The van der Waals surface area contributed by atoms with Crippen molar-refractivity contribution in [3.05, 3.63) is 0 Å². The van der Waals surface area contributed by atoms with Crippen molar-refractivity contribution in [3.63, 3.8) is 0 Å². The number of hydrogen-bond acceptors (Lipinski definition) is 4. The number of amides is 2. The highest BCUT2D eigenvalue weighted by Gasteiger charge is 2.29. The van der Waals surface area contributed by atoms with Crippen LogP contribution >= 0.6 is 0 Å². The second-order valence-electron chi connectivity index (χ2n) is 4.65. The van der Waals surface area contributed by atoms with Gasteiger partial charge < -0.3 is 25.0 Å². The molecule has 1 fully saturated rings. The van der Waals surface area contributed by atoms with Crippen molar-refractivity contribution in [3.8, 4) is 0 Å². The molecule has 1 rings (SSSR count). The molecule has 0 aromatic heterocycles. The Morgan fingerprint density at radius 2 is 2.22 bits per heavy atom. The van der Waals surface area contributed by atoms with Gasteiger partial charge in [-0.25, -0.2) is 9.59 Å². The molecule has 7 heteroatoms. The van der Waals surface area contributed by atoms with E-state index in [1.54, 1.807) is 4.90 Å². The number of carboxylic acid groups (broad SMARTS) is 1. The van der Waals surface area contributed by atoms with Crippen LogP contribution < -0.4 is 5.32 Å². The lowest BCUT2D eigenvalue weighted by Crippen LogP contribution is -2.49. The fraction of sp³-hybridized carbons (Fsp3) is 0.818. The SMILES string of the molecule is COCC(NC(=O)N1CCC(N(C)C)C1)C(=O)O. The number of carbonyl (C=O) groups is 2. The first-order chi connectivity index (χ1) is 8.45. The molecule has 1 saturated heterocycles. The molecule has 0 saturated carbocycles. The summed E-state index contributed by atoms with van der Waals surface area (Å²) < 4.78 is 4.77. The summed E-state index contributed by atoms with van der Waals surface area (Å²) in [5.74, 6) is -1.09. The standard InChI is InChI=1S/C11H21N3O4/c1-13(2)8-4-5-14(6-8)11(17)12-9(7-18-3)10(15)16/h8-9H,4-7H2,1-3H3,(H,12,17)(H,15,16). The molecule has 1 aliphatic rings. The maximum atomic E-state index is 11.9. The quantitative estimate of drug-likeness (QED) is 0.691. The Hall–Kier alpha value is -1.34. The van der Waals surface area contributed by atoms with Crippen LogP contribution in [0.2, 0.25) is 0 Å². The van der Waals surface area contributed by atoms with Gasteiger partial charge in [-0.15, -0.1) is 0 Å². The van der Waals surface area contributed by atoms with Crippen molar-refractivity contribution in [2.45, 2.75) is 18.5 Å². The van der Waals surface area contributed by atoms with Crippen molar-refractivity contribution in [2.24, 2.45) is 0 Å². The molecule has 0 aromatic carbocycles. The maximum absolute atomic E-state index is 11.9. The summed E-state index contributed by atoms with van der Waals surface area (Å²) in [6.07, 6.45) is 0.905. The number of urea groups is 1. The molecule has 0 aliphatic carbocycles. The van der Waals surface area contributed by atoms with Crippen LogP contribution in [0, 0.1) is 0 Å². The third-order valence-corrected chi connectivity index (χ3v) is 3.11. The number of carbonyl (C=O) groups excluding carboxylic acids is 1. The monoisotopic (exact) mass is 259 g/mol. The van der Waals surface area contributed by atoms with Gasteiger partial charge in [0.1, 0.15) is 0 Å². The van der Waals surface area contributed by atoms with Gasteiger partial charge in [0.2, 0.25) is 0 Å². The minimum Gasteiger partial charge on any atom is -0.480 e. The molecule has 2 unspecified atom stereocenters. The lowest BCUT2D eigenvalue weighted by molar-refractivity contribution is -0.140. The Morgan fingerprint density at radius 1 is 1.56 bits per heavy atom. The van der Waals surface area contributed by atoms with Crippen LogP contribution in [0.3, 0.4) is 0 Å². The van der Waals surface area contributed by atoms with Gasteiger partial charge in [0.15, 0.2) is 6.04 Å². The van der Waals surface area contributed by atoms with Crippen LogP contribution in [-0.2, 0) is 9.53 Å². The molecular weight excluding hydrogens is 238 g/mol. The zero-order valence-electron chi connectivity index (χ0n) is 11.0. The number of nitrogens with one attached hydrogen (secondary N) is 1. The van der Waals surface area contributed by atoms with Gasteiger partial charge >= 0.3 is 12.0 Å². The number of methoxy groups -OCH3 is 1. The van der Waals surface area contributed by atoms with Crippen LogP contribution in [0.1, 0.15) is 6.42 Å².